The highest BCUT2D eigenvalue weighted by atomic mass is 35.6. The summed E-state index contributed by atoms with van der Waals surface area (Å²) in [6.07, 6.45) is 0.326. The number of carbonyl (C=O) groups is 1. The van der Waals surface area contributed by atoms with Gasteiger partial charge in [-0.15, -0.1) is 0 Å². The van der Waals surface area contributed by atoms with Gasteiger partial charge in [0.2, 0.25) is 3.79 Å². The molecular formula is C10H9Cl3O2. The molecular weight excluding hydrogens is 258 g/mol. The molecule has 0 spiro atoms. The van der Waals surface area contributed by atoms with E-state index in [0.717, 1.165) is 0 Å². The Labute approximate surface area is 103 Å². The number of hydrogen-bond donors (Lipinski definition) is 0. The molecule has 0 unspecified atom stereocenters. The van der Waals surface area contributed by atoms with Gasteiger partial charge in [-0.05, 0) is 12.1 Å². The molecule has 0 saturated heterocycles. The fraction of sp³-hybridized carbons (Fsp3) is 0.300. The third-order valence-corrected chi connectivity index (χ3v) is 2.36. The van der Waals surface area contributed by atoms with E-state index in [1.54, 1.807) is 31.2 Å². The van der Waals surface area contributed by atoms with Crippen molar-refractivity contribution in [1.29, 1.82) is 0 Å². The van der Waals surface area contributed by atoms with E-state index < -0.39 is 3.79 Å². The van der Waals surface area contributed by atoms with E-state index in [1.165, 1.54) is 0 Å². The first-order valence-corrected chi connectivity index (χ1v) is 5.45. The lowest BCUT2D eigenvalue weighted by Gasteiger charge is -2.11. The third-order valence-electron chi connectivity index (χ3n) is 1.70. The summed E-state index contributed by atoms with van der Waals surface area (Å²) in [6, 6.07) is 6.38. The van der Waals surface area contributed by atoms with Gasteiger partial charge in [-0.3, -0.25) is 4.79 Å². The van der Waals surface area contributed by atoms with Crippen LogP contribution >= 0.6 is 34.8 Å². The van der Waals surface area contributed by atoms with Gasteiger partial charge in [0.1, 0.15) is 5.75 Å². The van der Waals surface area contributed by atoms with Crippen LogP contribution < -0.4 is 4.74 Å². The number of rotatable bonds is 2. The molecule has 0 N–H and O–H groups in total. The molecule has 1 aromatic rings. The number of alkyl halides is 3. The minimum absolute atomic E-state index is 0.295. The summed E-state index contributed by atoms with van der Waals surface area (Å²) in [7, 11) is 0. The zero-order chi connectivity index (χ0) is 11.5. The highest BCUT2D eigenvalue weighted by Gasteiger charge is 2.22. The molecule has 0 fully saturated rings. The Morgan fingerprint density at radius 2 is 1.80 bits per heavy atom. The predicted molar refractivity (Wildman–Crippen MR) is 61.6 cm³/mol. The van der Waals surface area contributed by atoms with Crippen LogP contribution in [0, 0.1) is 0 Å². The lowest BCUT2D eigenvalue weighted by molar-refractivity contribution is -0.134. The van der Waals surface area contributed by atoms with Crippen LogP contribution in [0.1, 0.15) is 18.9 Å². The van der Waals surface area contributed by atoms with Crippen LogP contribution in [0.3, 0.4) is 0 Å². The van der Waals surface area contributed by atoms with Crippen molar-refractivity contribution in [1.82, 2.24) is 0 Å². The fourth-order valence-electron chi connectivity index (χ4n) is 0.916. The van der Waals surface area contributed by atoms with Gasteiger partial charge in [0, 0.05) is 12.0 Å². The van der Waals surface area contributed by atoms with Crippen molar-refractivity contribution in [2.45, 2.75) is 17.1 Å². The number of esters is 1. The van der Waals surface area contributed by atoms with Crippen molar-refractivity contribution >= 4 is 40.8 Å². The van der Waals surface area contributed by atoms with E-state index in [9.17, 15) is 4.79 Å². The second-order valence-corrected chi connectivity index (χ2v) is 5.13. The monoisotopic (exact) mass is 266 g/mol. The highest BCUT2D eigenvalue weighted by molar-refractivity contribution is 6.66. The Kier molecular flexibility index (Phi) is 4.26. The maximum absolute atomic E-state index is 11.0. The molecule has 0 radical (unpaired) electrons. The second kappa shape index (κ2) is 5.06. The molecule has 0 bridgehead atoms. The summed E-state index contributed by atoms with van der Waals surface area (Å²) in [5, 5.41) is 0. The van der Waals surface area contributed by atoms with Crippen molar-refractivity contribution in [3.63, 3.8) is 0 Å². The molecule has 0 aliphatic heterocycles. The quantitative estimate of drug-likeness (QED) is 0.462. The summed E-state index contributed by atoms with van der Waals surface area (Å²) in [5.41, 5.74) is 0.531. The van der Waals surface area contributed by atoms with Gasteiger partial charge in [-0.1, -0.05) is 53.9 Å². The topological polar surface area (TPSA) is 26.3 Å². The smallest absolute Gasteiger partial charge is 0.310 e. The average molecular weight is 268 g/mol. The molecule has 0 amide bonds. The number of halogens is 3. The SMILES string of the molecule is CCC(=O)Oc1ccc(C(Cl)(Cl)Cl)cc1. The Morgan fingerprint density at radius 1 is 1.27 bits per heavy atom. The van der Waals surface area contributed by atoms with Gasteiger partial charge < -0.3 is 4.74 Å². The van der Waals surface area contributed by atoms with E-state index in [1.807, 2.05) is 0 Å². The van der Waals surface area contributed by atoms with Crippen molar-refractivity contribution in [3.05, 3.63) is 29.8 Å². The van der Waals surface area contributed by atoms with Gasteiger partial charge in [0.25, 0.3) is 0 Å². The maximum Gasteiger partial charge on any atom is 0.310 e. The fourth-order valence-corrected chi connectivity index (χ4v) is 1.29. The Hall–Kier alpha value is -0.440. The first-order valence-electron chi connectivity index (χ1n) is 4.31. The maximum atomic E-state index is 11.0. The third kappa shape index (κ3) is 3.90. The molecule has 0 aromatic heterocycles. The number of ether oxygens (including phenoxy) is 1. The lowest BCUT2D eigenvalue weighted by Crippen LogP contribution is -2.06. The average Bonchev–Trinajstić information content (AvgIpc) is 2.17. The zero-order valence-electron chi connectivity index (χ0n) is 7.97. The van der Waals surface area contributed by atoms with Gasteiger partial charge in [-0.2, -0.15) is 0 Å². The molecule has 1 rings (SSSR count). The van der Waals surface area contributed by atoms with Crippen LogP contribution in [0.4, 0.5) is 0 Å². The summed E-state index contributed by atoms with van der Waals surface area (Å²) in [6.45, 7) is 1.72. The molecule has 5 heteroatoms. The molecule has 0 heterocycles. The first-order chi connectivity index (χ1) is 6.93. The lowest BCUT2D eigenvalue weighted by atomic mass is 10.2. The van der Waals surface area contributed by atoms with Crippen LogP contribution in [-0.2, 0) is 8.59 Å². The highest BCUT2D eigenvalue weighted by Crippen LogP contribution is 2.38. The van der Waals surface area contributed by atoms with Crippen LogP contribution in [0.2, 0.25) is 0 Å². The van der Waals surface area contributed by atoms with Crippen LogP contribution in [0.5, 0.6) is 5.75 Å². The molecule has 0 aliphatic carbocycles. The Morgan fingerprint density at radius 3 is 2.20 bits per heavy atom. The van der Waals surface area contributed by atoms with Crippen molar-refractivity contribution in [2.24, 2.45) is 0 Å². The van der Waals surface area contributed by atoms with Crippen LogP contribution in [-0.4, -0.2) is 5.97 Å². The molecule has 82 valence electrons. The Bertz CT molecular complexity index is 341. The van der Waals surface area contributed by atoms with Crippen molar-refractivity contribution in [2.75, 3.05) is 0 Å². The Balaban J connectivity index is 2.77. The van der Waals surface area contributed by atoms with E-state index in [2.05, 4.69) is 0 Å². The van der Waals surface area contributed by atoms with Crippen molar-refractivity contribution < 1.29 is 9.53 Å². The van der Waals surface area contributed by atoms with E-state index >= 15 is 0 Å². The first kappa shape index (κ1) is 12.6. The van der Waals surface area contributed by atoms with Gasteiger partial charge in [0.05, 0.1) is 0 Å². The second-order valence-electron chi connectivity index (χ2n) is 2.85. The largest absolute Gasteiger partial charge is 0.427 e. The van der Waals surface area contributed by atoms with Gasteiger partial charge in [0.15, 0.2) is 0 Å². The standard InChI is InChI=1S/C10H9Cl3O2/c1-2-9(14)15-8-5-3-7(4-6-8)10(11,12)13/h3-6H,2H2,1H3. The molecule has 0 atom stereocenters. The summed E-state index contributed by atoms with van der Waals surface area (Å²) < 4.78 is 3.51. The van der Waals surface area contributed by atoms with Gasteiger partial charge >= 0.3 is 5.97 Å². The summed E-state index contributed by atoms with van der Waals surface area (Å²) in [4.78, 5) is 11.0. The molecule has 15 heavy (non-hydrogen) atoms. The molecule has 2 nitrogen and oxygen atoms in total. The minimum Gasteiger partial charge on any atom is -0.427 e. The molecule has 0 aliphatic rings. The summed E-state index contributed by atoms with van der Waals surface area (Å²) >= 11 is 17.0. The summed E-state index contributed by atoms with van der Waals surface area (Å²) in [5.74, 6) is 0.150. The van der Waals surface area contributed by atoms with Crippen LogP contribution in [0.15, 0.2) is 24.3 Å². The van der Waals surface area contributed by atoms with E-state index in [-0.39, 0.29) is 5.97 Å². The van der Waals surface area contributed by atoms with Crippen molar-refractivity contribution in [3.8, 4) is 5.75 Å². The number of benzene rings is 1. The van der Waals surface area contributed by atoms with Gasteiger partial charge in [-0.25, -0.2) is 0 Å². The molecule has 1 aromatic carbocycles. The van der Waals surface area contributed by atoms with E-state index in [4.69, 9.17) is 39.5 Å². The minimum atomic E-state index is -1.45. The normalized spacial score (nSPS) is 11.2. The van der Waals surface area contributed by atoms with Crippen LogP contribution in [0.25, 0.3) is 0 Å². The molecule has 0 saturated carbocycles. The number of hydrogen-bond acceptors (Lipinski definition) is 2. The predicted octanol–water partition coefficient (Wildman–Crippen LogP) is 3.83. The zero-order valence-corrected chi connectivity index (χ0v) is 10.2. The van der Waals surface area contributed by atoms with E-state index in [0.29, 0.717) is 17.7 Å². The number of carbonyl (C=O) groups excluding carboxylic acids is 1.